The highest BCUT2D eigenvalue weighted by molar-refractivity contribution is 6.37. The Morgan fingerprint density at radius 2 is 1.88 bits per heavy atom. The van der Waals surface area contributed by atoms with E-state index in [0.717, 1.165) is 13.1 Å². The highest BCUT2D eigenvalue weighted by Gasteiger charge is 2.07. The molecule has 0 radical (unpaired) electrons. The van der Waals surface area contributed by atoms with Crippen molar-refractivity contribution in [3.8, 4) is 5.75 Å². The third kappa shape index (κ3) is 4.72. The summed E-state index contributed by atoms with van der Waals surface area (Å²) in [6.45, 7) is 4.95. The van der Waals surface area contributed by atoms with Gasteiger partial charge in [-0.2, -0.15) is 0 Å². The Labute approximate surface area is 112 Å². The molecule has 0 spiro atoms. The summed E-state index contributed by atoms with van der Waals surface area (Å²) in [6.07, 6.45) is 0. The number of hydrogen-bond acceptors (Lipinski definition) is 3. The van der Waals surface area contributed by atoms with Gasteiger partial charge in [-0.15, -0.1) is 0 Å². The predicted octanol–water partition coefficient (Wildman–Crippen LogP) is 2.69. The van der Waals surface area contributed by atoms with Crippen molar-refractivity contribution in [2.45, 2.75) is 6.92 Å². The third-order valence-corrected chi connectivity index (χ3v) is 3.03. The Balaban J connectivity index is 2.45. The number of hydrogen-bond donors (Lipinski definition) is 1. The lowest BCUT2D eigenvalue weighted by molar-refractivity contribution is 0.174. The highest BCUT2D eigenvalue weighted by Crippen LogP contribution is 2.32. The maximum absolute atomic E-state index is 8.85. The molecule has 0 amide bonds. The van der Waals surface area contributed by atoms with Crippen LogP contribution < -0.4 is 4.74 Å². The standard InChI is InChI=1S/C12H17Cl2NO2/c1-2-15(6-8-16)7-9-17-12-10(13)4-3-5-11(12)14/h3-5,16H,2,6-9H2,1H3. The van der Waals surface area contributed by atoms with Gasteiger partial charge in [-0.05, 0) is 18.7 Å². The minimum atomic E-state index is 0.153. The lowest BCUT2D eigenvalue weighted by Gasteiger charge is -2.19. The number of ether oxygens (including phenoxy) is 1. The molecule has 1 N–H and O–H groups in total. The summed E-state index contributed by atoms with van der Waals surface area (Å²) < 4.78 is 5.56. The Bertz CT molecular complexity index is 327. The summed E-state index contributed by atoms with van der Waals surface area (Å²) in [6, 6.07) is 5.27. The van der Waals surface area contributed by atoms with Gasteiger partial charge in [0.2, 0.25) is 0 Å². The van der Waals surface area contributed by atoms with Crippen LogP contribution in [0.3, 0.4) is 0 Å². The first kappa shape index (κ1) is 14.6. The summed E-state index contributed by atoms with van der Waals surface area (Å²) >= 11 is 12.0. The zero-order valence-electron chi connectivity index (χ0n) is 9.83. The van der Waals surface area contributed by atoms with Crippen LogP contribution in [0.25, 0.3) is 0 Å². The molecule has 0 aliphatic carbocycles. The maximum atomic E-state index is 8.85. The van der Waals surface area contributed by atoms with E-state index >= 15 is 0 Å². The second-order valence-electron chi connectivity index (χ2n) is 3.56. The lowest BCUT2D eigenvalue weighted by Crippen LogP contribution is -2.30. The van der Waals surface area contributed by atoms with Crippen molar-refractivity contribution in [3.63, 3.8) is 0 Å². The van der Waals surface area contributed by atoms with Gasteiger partial charge >= 0.3 is 0 Å². The molecule has 96 valence electrons. The molecule has 0 fully saturated rings. The van der Waals surface area contributed by atoms with Gasteiger partial charge in [0.1, 0.15) is 6.61 Å². The van der Waals surface area contributed by atoms with E-state index in [1.54, 1.807) is 18.2 Å². The summed E-state index contributed by atoms with van der Waals surface area (Å²) in [5, 5.41) is 9.88. The maximum Gasteiger partial charge on any atom is 0.156 e. The Hall–Kier alpha value is -0.480. The second-order valence-corrected chi connectivity index (χ2v) is 4.37. The van der Waals surface area contributed by atoms with E-state index in [1.165, 1.54) is 0 Å². The fourth-order valence-corrected chi connectivity index (χ4v) is 1.97. The van der Waals surface area contributed by atoms with Crippen LogP contribution >= 0.6 is 23.2 Å². The van der Waals surface area contributed by atoms with Crippen LogP contribution in [0.2, 0.25) is 10.0 Å². The van der Waals surface area contributed by atoms with Crippen LogP contribution in [0.1, 0.15) is 6.92 Å². The van der Waals surface area contributed by atoms with E-state index in [0.29, 0.717) is 28.9 Å². The van der Waals surface area contributed by atoms with Gasteiger partial charge in [-0.25, -0.2) is 0 Å². The zero-order chi connectivity index (χ0) is 12.7. The number of likely N-dealkylation sites (N-methyl/N-ethyl adjacent to an activating group) is 1. The van der Waals surface area contributed by atoms with E-state index < -0.39 is 0 Å². The Morgan fingerprint density at radius 3 is 2.41 bits per heavy atom. The molecule has 1 aromatic rings. The molecule has 5 heteroatoms. The molecule has 0 atom stereocenters. The predicted molar refractivity (Wildman–Crippen MR) is 71.2 cm³/mol. The van der Waals surface area contributed by atoms with Crippen LogP contribution in [0, 0.1) is 0 Å². The van der Waals surface area contributed by atoms with E-state index in [4.69, 9.17) is 33.0 Å². The highest BCUT2D eigenvalue weighted by atomic mass is 35.5. The minimum Gasteiger partial charge on any atom is -0.489 e. The fraction of sp³-hybridized carbons (Fsp3) is 0.500. The Morgan fingerprint density at radius 1 is 1.24 bits per heavy atom. The minimum absolute atomic E-state index is 0.153. The topological polar surface area (TPSA) is 32.7 Å². The molecule has 0 aliphatic heterocycles. The Kier molecular flexibility index (Phi) is 6.66. The molecule has 1 aromatic carbocycles. The number of nitrogens with zero attached hydrogens (tertiary/aromatic N) is 1. The van der Waals surface area contributed by atoms with Crippen molar-refractivity contribution >= 4 is 23.2 Å². The SMILES string of the molecule is CCN(CCO)CCOc1c(Cl)cccc1Cl. The average Bonchev–Trinajstić information content (AvgIpc) is 2.31. The molecule has 0 aliphatic rings. The number of halogens is 2. The summed E-state index contributed by atoms with van der Waals surface area (Å²) in [7, 11) is 0. The van der Waals surface area contributed by atoms with Crippen LogP contribution in [0.4, 0.5) is 0 Å². The van der Waals surface area contributed by atoms with E-state index in [-0.39, 0.29) is 6.61 Å². The normalized spacial score (nSPS) is 10.9. The molecule has 1 rings (SSSR count). The van der Waals surface area contributed by atoms with E-state index in [9.17, 15) is 0 Å². The quantitative estimate of drug-likeness (QED) is 0.832. The van der Waals surface area contributed by atoms with Crippen LogP contribution in [-0.2, 0) is 0 Å². The first-order chi connectivity index (χ1) is 8.19. The van der Waals surface area contributed by atoms with Gasteiger partial charge in [0.25, 0.3) is 0 Å². The number of benzene rings is 1. The first-order valence-electron chi connectivity index (χ1n) is 5.59. The smallest absolute Gasteiger partial charge is 0.156 e. The van der Waals surface area contributed by atoms with Crippen LogP contribution in [0.15, 0.2) is 18.2 Å². The van der Waals surface area contributed by atoms with Crippen molar-refractivity contribution in [2.75, 3.05) is 32.8 Å². The lowest BCUT2D eigenvalue weighted by atomic mass is 10.3. The second kappa shape index (κ2) is 7.77. The summed E-state index contributed by atoms with van der Waals surface area (Å²) in [4.78, 5) is 2.09. The van der Waals surface area contributed by atoms with E-state index in [1.807, 2.05) is 6.92 Å². The molecule has 0 saturated heterocycles. The number of aliphatic hydroxyl groups is 1. The number of para-hydroxylation sites is 1. The zero-order valence-corrected chi connectivity index (χ0v) is 11.3. The molecule has 3 nitrogen and oxygen atoms in total. The molecule has 0 bridgehead atoms. The van der Waals surface area contributed by atoms with Crippen molar-refractivity contribution in [1.82, 2.24) is 4.90 Å². The largest absolute Gasteiger partial charge is 0.489 e. The van der Waals surface area contributed by atoms with Crippen LogP contribution in [-0.4, -0.2) is 42.9 Å². The molecule has 0 saturated carbocycles. The van der Waals surface area contributed by atoms with Gasteiger partial charge in [0.15, 0.2) is 5.75 Å². The molecular weight excluding hydrogens is 261 g/mol. The summed E-state index contributed by atoms with van der Waals surface area (Å²) in [5.74, 6) is 0.524. The van der Waals surface area contributed by atoms with Crippen molar-refractivity contribution < 1.29 is 9.84 Å². The first-order valence-corrected chi connectivity index (χ1v) is 6.34. The fourth-order valence-electron chi connectivity index (χ4n) is 1.47. The molecule has 0 aromatic heterocycles. The molecule has 0 heterocycles. The van der Waals surface area contributed by atoms with Gasteiger partial charge in [0, 0.05) is 13.1 Å². The monoisotopic (exact) mass is 277 g/mol. The molecule has 17 heavy (non-hydrogen) atoms. The van der Waals surface area contributed by atoms with Crippen molar-refractivity contribution in [1.29, 1.82) is 0 Å². The van der Waals surface area contributed by atoms with Gasteiger partial charge in [-0.1, -0.05) is 36.2 Å². The summed E-state index contributed by atoms with van der Waals surface area (Å²) in [5.41, 5.74) is 0. The molecule has 0 unspecified atom stereocenters. The van der Waals surface area contributed by atoms with Gasteiger partial charge in [0.05, 0.1) is 16.7 Å². The van der Waals surface area contributed by atoms with Gasteiger partial charge < -0.3 is 9.84 Å². The van der Waals surface area contributed by atoms with E-state index in [2.05, 4.69) is 4.90 Å². The third-order valence-electron chi connectivity index (χ3n) is 2.44. The van der Waals surface area contributed by atoms with Crippen molar-refractivity contribution in [2.24, 2.45) is 0 Å². The molecular formula is C12H17Cl2NO2. The van der Waals surface area contributed by atoms with Crippen molar-refractivity contribution in [3.05, 3.63) is 28.2 Å². The van der Waals surface area contributed by atoms with Crippen LogP contribution in [0.5, 0.6) is 5.75 Å². The number of rotatable bonds is 7. The van der Waals surface area contributed by atoms with Gasteiger partial charge in [-0.3, -0.25) is 4.90 Å². The average molecular weight is 278 g/mol. The number of aliphatic hydroxyl groups excluding tert-OH is 1.